The van der Waals surface area contributed by atoms with Crippen molar-refractivity contribution >= 4 is 29.5 Å². The number of ketones is 1. The van der Waals surface area contributed by atoms with Gasteiger partial charge in [0.15, 0.2) is 18.0 Å². The SMILES string of the molecule is CC(=O)CCC(=O)O[C@H]1C(OC(=O)c2ccccc2)[C@H](Sc2ccccc2)O[C@H]1[C@H]1COC(C)(C)O1. The number of hydrogen-bond donors (Lipinski definition) is 0. The molecule has 36 heavy (non-hydrogen) atoms. The third kappa shape index (κ3) is 6.73. The fourth-order valence-electron chi connectivity index (χ4n) is 4.07. The first-order chi connectivity index (χ1) is 17.2. The van der Waals surface area contributed by atoms with Crippen molar-refractivity contribution in [3.63, 3.8) is 0 Å². The molecule has 0 aliphatic carbocycles. The number of carbonyl (C=O) groups excluding carboxylic acids is 3. The van der Waals surface area contributed by atoms with E-state index in [2.05, 4.69) is 0 Å². The van der Waals surface area contributed by atoms with E-state index in [9.17, 15) is 14.4 Å². The third-order valence-electron chi connectivity index (χ3n) is 5.80. The molecule has 4 rings (SSSR count). The number of rotatable bonds is 9. The lowest BCUT2D eigenvalue weighted by Gasteiger charge is -2.26. The fourth-order valence-corrected chi connectivity index (χ4v) is 5.18. The molecule has 0 aromatic heterocycles. The number of hydrogen-bond acceptors (Lipinski definition) is 9. The van der Waals surface area contributed by atoms with Gasteiger partial charge in [-0.2, -0.15) is 0 Å². The topological polar surface area (TPSA) is 97.4 Å². The summed E-state index contributed by atoms with van der Waals surface area (Å²) in [6.07, 6.45) is -3.21. The summed E-state index contributed by atoms with van der Waals surface area (Å²) in [6.45, 7) is 5.22. The van der Waals surface area contributed by atoms with E-state index in [-0.39, 0.29) is 25.2 Å². The van der Waals surface area contributed by atoms with Crippen LogP contribution in [0.25, 0.3) is 0 Å². The van der Waals surface area contributed by atoms with Crippen molar-refractivity contribution in [3.8, 4) is 0 Å². The lowest BCUT2D eigenvalue weighted by molar-refractivity contribution is -0.171. The van der Waals surface area contributed by atoms with Gasteiger partial charge in [0.2, 0.25) is 0 Å². The summed E-state index contributed by atoms with van der Waals surface area (Å²) in [5, 5.41) is 0. The van der Waals surface area contributed by atoms with E-state index < -0.39 is 47.6 Å². The maximum Gasteiger partial charge on any atom is 0.338 e. The minimum Gasteiger partial charge on any atom is -0.455 e. The second-order valence-electron chi connectivity index (χ2n) is 9.16. The van der Waals surface area contributed by atoms with Crippen LogP contribution >= 0.6 is 11.8 Å². The van der Waals surface area contributed by atoms with Gasteiger partial charge in [-0.05, 0) is 45.0 Å². The van der Waals surface area contributed by atoms with E-state index in [1.54, 1.807) is 44.2 Å². The van der Waals surface area contributed by atoms with Crippen LogP contribution in [0.4, 0.5) is 0 Å². The molecule has 1 unspecified atom stereocenters. The van der Waals surface area contributed by atoms with Gasteiger partial charge < -0.3 is 28.5 Å². The van der Waals surface area contributed by atoms with E-state index in [0.29, 0.717) is 5.56 Å². The number of esters is 2. The minimum atomic E-state index is -0.958. The van der Waals surface area contributed by atoms with Crippen LogP contribution in [-0.2, 0) is 33.3 Å². The van der Waals surface area contributed by atoms with E-state index in [0.717, 1.165) is 4.90 Å². The maximum atomic E-state index is 13.0. The highest BCUT2D eigenvalue weighted by atomic mass is 32.2. The van der Waals surface area contributed by atoms with Crippen molar-refractivity contribution in [1.82, 2.24) is 0 Å². The normalized spacial score (nSPS) is 26.9. The molecule has 2 aliphatic rings. The molecule has 9 heteroatoms. The van der Waals surface area contributed by atoms with Crippen LogP contribution in [-0.4, -0.2) is 60.0 Å². The second-order valence-corrected chi connectivity index (χ2v) is 10.3. The van der Waals surface area contributed by atoms with Gasteiger partial charge >= 0.3 is 11.9 Å². The first-order valence-electron chi connectivity index (χ1n) is 11.9. The predicted molar refractivity (Wildman–Crippen MR) is 131 cm³/mol. The molecule has 0 bridgehead atoms. The Balaban J connectivity index is 1.62. The van der Waals surface area contributed by atoms with Gasteiger partial charge in [-0.1, -0.05) is 48.2 Å². The maximum absolute atomic E-state index is 13.0. The minimum absolute atomic E-state index is 0.0593. The molecule has 2 aromatic rings. The number of ether oxygens (including phenoxy) is 5. The highest BCUT2D eigenvalue weighted by Crippen LogP contribution is 2.41. The largest absolute Gasteiger partial charge is 0.455 e. The quantitative estimate of drug-likeness (QED) is 0.457. The standard InChI is InChI=1S/C27H30O8S/c1-17(28)14-15-21(29)32-23-22(20-16-31-27(2,3)35-20)34-26(36-19-12-8-5-9-13-19)24(23)33-25(30)18-10-6-4-7-11-18/h4-13,20,22-24,26H,14-16H2,1-3H3/t20-,22+,23-,24?,26+/m1/s1. The van der Waals surface area contributed by atoms with E-state index >= 15 is 0 Å². The van der Waals surface area contributed by atoms with Gasteiger partial charge in [-0.15, -0.1) is 0 Å². The summed E-state index contributed by atoms with van der Waals surface area (Å²) in [5.41, 5.74) is -0.310. The second kappa shape index (κ2) is 11.6. The zero-order valence-corrected chi connectivity index (χ0v) is 21.3. The predicted octanol–water partition coefficient (Wildman–Crippen LogP) is 4.16. The van der Waals surface area contributed by atoms with E-state index in [1.165, 1.54) is 18.7 Å². The Bertz CT molecular complexity index is 1060. The van der Waals surface area contributed by atoms with E-state index in [4.69, 9.17) is 23.7 Å². The van der Waals surface area contributed by atoms with Gasteiger partial charge in [-0.3, -0.25) is 4.79 Å². The molecule has 0 spiro atoms. The third-order valence-corrected chi connectivity index (χ3v) is 6.96. The molecule has 0 amide bonds. The molecule has 0 N–H and O–H groups in total. The number of thioether (sulfide) groups is 1. The summed E-state index contributed by atoms with van der Waals surface area (Å²) in [4.78, 5) is 38.1. The summed E-state index contributed by atoms with van der Waals surface area (Å²) in [6, 6.07) is 18.1. The molecular weight excluding hydrogens is 484 g/mol. The first-order valence-corrected chi connectivity index (χ1v) is 12.7. The van der Waals surface area contributed by atoms with Gasteiger partial charge in [0.25, 0.3) is 0 Å². The molecule has 5 atom stereocenters. The van der Waals surface area contributed by atoms with Crippen molar-refractivity contribution < 1.29 is 38.1 Å². The Kier molecular flexibility index (Phi) is 8.46. The zero-order chi connectivity index (χ0) is 25.7. The van der Waals surface area contributed by atoms with Gasteiger partial charge in [-0.25, -0.2) is 4.79 Å². The van der Waals surface area contributed by atoms with E-state index in [1.807, 2.05) is 30.3 Å². The van der Waals surface area contributed by atoms with Crippen LogP contribution < -0.4 is 0 Å². The number of benzene rings is 2. The molecule has 2 aromatic carbocycles. The molecule has 0 radical (unpaired) electrons. The van der Waals surface area contributed by atoms with Crippen LogP contribution in [0.1, 0.15) is 44.0 Å². The van der Waals surface area contributed by atoms with Gasteiger partial charge in [0.05, 0.1) is 18.6 Å². The Morgan fingerprint density at radius 2 is 1.61 bits per heavy atom. The average Bonchev–Trinajstić information content (AvgIpc) is 3.38. The van der Waals surface area contributed by atoms with Gasteiger partial charge in [0.1, 0.15) is 23.4 Å². The van der Waals surface area contributed by atoms with Crippen molar-refractivity contribution in [3.05, 3.63) is 66.2 Å². The van der Waals surface area contributed by atoms with Crippen molar-refractivity contribution in [2.45, 2.75) is 74.1 Å². The fraction of sp³-hybridized carbons (Fsp3) is 0.444. The molecule has 2 saturated heterocycles. The number of carbonyl (C=O) groups is 3. The Morgan fingerprint density at radius 3 is 2.22 bits per heavy atom. The molecule has 8 nitrogen and oxygen atoms in total. The zero-order valence-electron chi connectivity index (χ0n) is 20.5. The Hall–Kier alpha value is -2.72. The van der Waals surface area contributed by atoms with Crippen LogP contribution in [0.3, 0.4) is 0 Å². The highest BCUT2D eigenvalue weighted by Gasteiger charge is 2.55. The van der Waals surface area contributed by atoms with Crippen LogP contribution in [0, 0.1) is 0 Å². The molecule has 2 fully saturated rings. The Labute approximate surface area is 214 Å². The summed E-state index contributed by atoms with van der Waals surface area (Å²) < 4.78 is 29.9. The van der Waals surface area contributed by atoms with Gasteiger partial charge in [0, 0.05) is 11.3 Å². The van der Waals surface area contributed by atoms with Crippen LogP contribution in [0.15, 0.2) is 65.6 Å². The monoisotopic (exact) mass is 514 g/mol. The summed E-state index contributed by atoms with van der Waals surface area (Å²) in [7, 11) is 0. The average molecular weight is 515 g/mol. The van der Waals surface area contributed by atoms with Crippen molar-refractivity contribution in [1.29, 1.82) is 0 Å². The highest BCUT2D eigenvalue weighted by molar-refractivity contribution is 7.99. The molecule has 192 valence electrons. The van der Waals surface area contributed by atoms with Crippen LogP contribution in [0.2, 0.25) is 0 Å². The first kappa shape index (κ1) is 26.3. The van der Waals surface area contributed by atoms with Crippen molar-refractivity contribution in [2.24, 2.45) is 0 Å². The lowest BCUT2D eigenvalue weighted by atomic mass is 10.1. The number of Topliss-reactive ketones (excluding diaryl/α,β-unsaturated/α-hetero) is 1. The lowest BCUT2D eigenvalue weighted by Crippen LogP contribution is -2.45. The Morgan fingerprint density at radius 1 is 0.944 bits per heavy atom. The smallest absolute Gasteiger partial charge is 0.338 e. The molecule has 2 heterocycles. The van der Waals surface area contributed by atoms with Crippen LogP contribution in [0.5, 0.6) is 0 Å². The van der Waals surface area contributed by atoms with Crippen molar-refractivity contribution in [2.75, 3.05) is 6.61 Å². The summed E-state index contributed by atoms with van der Waals surface area (Å²) >= 11 is 1.37. The molecule has 2 aliphatic heterocycles. The molecule has 0 saturated carbocycles. The molecular formula is C27H30O8S. The summed E-state index contributed by atoms with van der Waals surface area (Å²) in [5.74, 6) is -2.09.